The van der Waals surface area contributed by atoms with E-state index in [2.05, 4.69) is 35.4 Å². The number of aryl methyl sites for hydroxylation is 2. The SMILES string of the molecule is COc1cc(/C=N\NC(=O)c2ccncc2)ccc1OCCCOc1ccc(C)c(C)c1. The number of carbonyl (C=O) groups is 1. The first-order valence-electron chi connectivity index (χ1n) is 10.3. The van der Waals surface area contributed by atoms with Crippen molar-refractivity contribution in [2.75, 3.05) is 20.3 Å². The van der Waals surface area contributed by atoms with Crippen LogP contribution in [0.25, 0.3) is 0 Å². The van der Waals surface area contributed by atoms with Crippen LogP contribution in [0.15, 0.2) is 66.0 Å². The van der Waals surface area contributed by atoms with Crippen LogP contribution in [0.4, 0.5) is 0 Å². The van der Waals surface area contributed by atoms with Gasteiger partial charge in [-0.1, -0.05) is 6.07 Å². The maximum atomic E-state index is 12.0. The highest BCUT2D eigenvalue weighted by Gasteiger charge is 2.06. The number of hydrogen-bond donors (Lipinski definition) is 1. The first kappa shape index (κ1) is 22.8. The van der Waals surface area contributed by atoms with Crippen LogP contribution in [-0.2, 0) is 0 Å². The molecule has 0 aliphatic heterocycles. The van der Waals surface area contributed by atoms with E-state index in [0.717, 1.165) is 17.7 Å². The number of nitrogens with zero attached hydrogens (tertiary/aromatic N) is 2. The summed E-state index contributed by atoms with van der Waals surface area (Å²) >= 11 is 0. The molecule has 0 aliphatic carbocycles. The lowest BCUT2D eigenvalue weighted by atomic mass is 10.1. The standard InChI is InChI=1S/C25H27N3O4/c1-18-5-7-22(15-19(18)2)31-13-4-14-32-23-8-6-20(16-24(23)30-3)17-27-28-25(29)21-9-11-26-12-10-21/h5-12,15-17H,4,13-14H2,1-3H3,(H,28,29)/b27-17-. The second-order valence-electron chi connectivity index (χ2n) is 7.14. The third-order valence-corrected chi connectivity index (χ3v) is 4.80. The molecule has 166 valence electrons. The second kappa shape index (κ2) is 11.5. The number of benzene rings is 2. The van der Waals surface area contributed by atoms with Crippen LogP contribution in [0.5, 0.6) is 17.2 Å². The fourth-order valence-electron chi connectivity index (χ4n) is 2.85. The number of pyridine rings is 1. The zero-order valence-corrected chi connectivity index (χ0v) is 18.5. The van der Waals surface area contributed by atoms with Crippen molar-refractivity contribution in [1.29, 1.82) is 0 Å². The minimum Gasteiger partial charge on any atom is -0.493 e. The summed E-state index contributed by atoms with van der Waals surface area (Å²) in [4.78, 5) is 15.9. The molecule has 1 aromatic heterocycles. The van der Waals surface area contributed by atoms with Crippen LogP contribution in [0.2, 0.25) is 0 Å². The number of hydrogen-bond acceptors (Lipinski definition) is 6. The van der Waals surface area contributed by atoms with Gasteiger partial charge >= 0.3 is 0 Å². The van der Waals surface area contributed by atoms with Crippen LogP contribution in [0.3, 0.4) is 0 Å². The van der Waals surface area contributed by atoms with E-state index in [1.165, 1.54) is 11.1 Å². The number of carbonyl (C=O) groups excluding carboxylic acids is 1. The van der Waals surface area contributed by atoms with Gasteiger partial charge in [0, 0.05) is 24.4 Å². The molecule has 0 bridgehead atoms. The molecule has 32 heavy (non-hydrogen) atoms. The molecular formula is C25H27N3O4. The highest BCUT2D eigenvalue weighted by atomic mass is 16.5. The van der Waals surface area contributed by atoms with Crippen LogP contribution in [-0.4, -0.2) is 37.4 Å². The number of methoxy groups -OCH3 is 1. The molecular weight excluding hydrogens is 406 g/mol. The first-order valence-corrected chi connectivity index (χ1v) is 10.3. The molecule has 1 amide bonds. The predicted molar refractivity (Wildman–Crippen MR) is 124 cm³/mol. The summed E-state index contributed by atoms with van der Waals surface area (Å²) in [6.07, 6.45) is 5.39. The Hall–Kier alpha value is -3.87. The lowest BCUT2D eigenvalue weighted by Gasteiger charge is -2.12. The molecule has 0 unspecified atom stereocenters. The van der Waals surface area contributed by atoms with Crippen molar-refractivity contribution >= 4 is 12.1 Å². The van der Waals surface area contributed by atoms with Crippen LogP contribution in [0, 0.1) is 13.8 Å². The van der Waals surface area contributed by atoms with Crippen molar-refractivity contribution in [2.24, 2.45) is 5.10 Å². The van der Waals surface area contributed by atoms with E-state index < -0.39 is 0 Å². The molecule has 0 saturated heterocycles. The van der Waals surface area contributed by atoms with Gasteiger partial charge in [-0.25, -0.2) is 5.43 Å². The van der Waals surface area contributed by atoms with Crippen molar-refractivity contribution in [3.05, 3.63) is 83.2 Å². The van der Waals surface area contributed by atoms with Gasteiger partial charge in [-0.2, -0.15) is 5.10 Å². The first-order chi connectivity index (χ1) is 15.6. The lowest BCUT2D eigenvalue weighted by Crippen LogP contribution is -2.17. The third kappa shape index (κ3) is 6.57. The van der Waals surface area contributed by atoms with Gasteiger partial charge < -0.3 is 14.2 Å². The molecule has 3 aromatic rings. The number of ether oxygens (including phenoxy) is 3. The third-order valence-electron chi connectivity index (χ3n) is 4.80. The van der Waals surface area contributed by atoms with Crippen molar-refractivity contribution in [2.45, 2.75) is 20.3 Å². The van der Waals surface area contributed by atoms with E-state index in [9.17, 15) is 4.79 Å². The van der Waals surface area contributed by atoms with Gasteiger partial charge in [-0.3, -0.25) is 9.78 Å². The molecule has 0 atom stereocenters. The Bertz CT molecular complexity index is 1070. The topological polar surface area (TPSA) is 82.0 Å². The molecule has 7 heteroatoms. The molecule has 0 spiro atoms. The van der Waals surface area contributed by atoms with E-state index in [4.69, 9.17) is 14.2 Å². The Balaban J connectivity index is 1.47. The maximum Gasteiger partial charge on any atom is 0.271 e. The highest BCUT2D eigenvalue weighted by Crippen LogP contribution is 2.27. The summed E-state index contributed by atoms with van der Waals surface area (Å²) in [6.45, 7) is 5.21. The summed E-state index contributed by atoms with van der Waals surface area (Å²) in [5, 5.41) is 3.99. The monoisotopic (exact) mass is 433 g/mol. The average molecular weight is 434 g/mol. The number of nitrogens with one attached hydrogen (secondary N) is 1. The Morgan fingerprint density at radius 3 is 2.50 bits per heavy atom. The fraction of sp³-hybridized carbons (Fsp3) is 0.240. The van der Waals surface area contributed by atoms with Crippen molar-refractivity contribution in [3.8, 4) is 17.2 Å². The quantitative estimate of drug-likeness (QED) is 0.293. The van der Waals surface area contributed by atoms with Gasteiger partial charge in [0.05, 0.1) is 26.5 Å². The number of aromatic nitrogens is 1. The molecule has 1 heterocycles. The lowest BCUT2D eigenvalue weighted by molar-refractivity contribution is 0.0955. The van der Waals surface area contributed by atoms with Gasteiger partial charge in [0.2, 0.25) is 0 Å². The van der Waals surface area contributed by atoms with Gasteiger partial charge in [-0.15, -0.1) is 0 Å². The van der Waals surface area contributed by atoms with Gasteiger partial charge in [0.25, 0.3) is 5.91 Å². The van der Waals surface area contributed by atoms with E-state index in [0.29, 0.717) is 30.3 Å². The minimum atomic E-state index is -0.307. The average Bonchev–Trinajstić information content (AvgIpc) is 2.82. The molecule has 0 radical (unpaired) electrons. The van der Waals surface area contributed by atoms with Crippen molar-refractivity contribution < 1.29 is 19.0 Å². The van der Waals surface area contributed by atoms with E-state index in [-0.39, 0.29) is 5.91 Å². The molecule has 0 saturated carbocycles. The van der Waals surface area contributed by atoms with Gasteiger partial charge in [0.15, 0.2) is 11.5 Å². The van der Waals surface area contributed by atoms with E-state index in [1.54, 1.807) is 43.9 Å². The molecule has 0 aliphatic rings. The van der Waals surface area contributed by atoms with Crippen LogP contribution < -0.4 is 19.6 Å². The normalized spacial score (nSPS) is 10.7. The zero-order valence-electron chi connectivity index (χ0n) is 18.5. The van der Waals surface area contributed by atoms with Crippen LogP contribution >= 0.6 is 0 Å². The summed E-state index contributed by atoms with van der Waals surface area (Å²) < 4.78 is 17.0. The maximum absolute atomic E-state index is 12.0. The molecule has 7 nitrogen and oxygen atoms in total. The minimum absolute atomic E-state index is 0.307. The smallest absolute Gasteiger partial charge is 0.271 e. The molecule has 1 N–H and O–H groups in total. The van der Waals surface area contributed by atoms with Crippen LogP contribution in [0.1, 0.15) is 33.5 Å². The molecule has 2 aromatic carbocycles. The highest BCUT2D eigenvalue weighted by molar-refractivity contribution is 5.94. The van der Waals surface area contributed by atoms with Gasteiger partial charge in [-0.05, 0) is 73.0 Å². The predicted octanol–water partition coefficient (Wildman–Crippen LogP) is 4.32. The number of amides is 1. The Morgan fingerprint density at radius 1 is 0.969 bits per heavy atom. The van der Waals surface area contributed by atoms with Gasteiger partial charge in [0.1, 0.15) is 5.75 Å². The summed E-state index contributed by atoms with van der Waals surface area (Å²) in [5.74, 6) is 1.78. The Labute approximate surface area is 188 Å². The van der Waals surface area contributed by atoms with Crippen molar-refractivity contribution in [3.63, 3.8) is 0 Å². The largest absolute Gasteiger partial charge is 0.493 e. The van der Waals surface area contributed by atoms with E-state index >= 15 is 0 Å². The van der Waals surface area contributed by atoms with E-state index in [1.807, 2.05) is 24.3 Å². The molecule has 0 fully saturated rings. The Morgan fingerprint density at radius 2 is 1.75 bits per heavy atom. The number of hydrazone groups is 1. The second-order valence-corrected chi connectivity index (χ2v) is 7.14. The summed E-state index contributed by atoms with van der Waals surface area (Å²) in [5.41, 5.74) is 6.20. The Kier molecular flexibility index (Phi) is 8.20. The summed E-state index contributed by atoms with van der Waals surface area (Å²) in [7, 11) is 1.58. The fourth-order valence-corrected chi connectivity index (χ4v) is 2.85. The molecule has 3 rings (SSSR count). The summed E-state index contributed by atoms with van der Waals surface area (Å²) in [6, 6.07) is 14.8. The van der Waals surface area contributed by atoms with Crippen molar-refractivity contribution in [1.82, 2.24) is 10.4 Å². The number of rotatable bonds is 10. The zero-order chi connectivity index (χ0) is 22.8.